The average molecular weight is 302 g/mol. The molecule has 0 saturated carbocycles. The molecule has 1 N–H and O–H groups in total. The summed E-state index contributed by atoms with van der Waals surface area (Å²) in [6.45, 7) is 0. The first-order chi connectivity index (χ1) is 9.76. The van der Waals surface area contributed by atoms with Crippen LogP contribution in [0.4, 0.5) is 5.82 Å². The molecule has 1 atom stereocenters. The molecule has 0 aliphatic carbocycles. The van der Waals surface area contributed by atoms with E-state index in [0.29, 0.717) is 5.69 Å². The van der Waals surface area contributed by atoms with E-state index in [1.165, 1.54) is 10.5 Å². The Bertz CT molecular complexity index is 681. The number of hydrogen-bond acceptors (Lipinski definition) is 4. The number of nitriles is 1. The number of pyridine rings is 1. The standard InChI is InChI=1S/C15H12ClN3S/c16-10-4-5-14-12(8-10)13(6-7-20-14)19-15-3-1-2-11(9-17)18-15/h1-5,8,13H,6-7H2,(H,18,19). The highest BCUT2D eigenvalue weighted by molar-refractivity contribution is 7.99. The maximum atomic E-state index is 8.90. The van der Waals surface area contributed by atoms with Gasteiger partial charge in [0.05, 0.1) is 6.04 Å². The van der Waals surface area contributed by atoms with Crippen LogP contribution in [0.15, 0.2) is 41.3 Å². The number of hydrogen-bond donors (Lipinski definition) is 1. The Morgan fingerprint density at radius 1 is 1.35 bits per heavy atom. The lowest BCUT2D eigenvalue weighted by Gasteiger charge is -2.26. The zero-order chi connectivity index (χ0) is 13.9. The molecule has 2 heterocycles. The molecule has 0 bridgehead atoms. The number of fused-ring (bicyclic) bond motifs is 1. The van der Waals surface area contributed by atoms with Crippen LogP contribution in [-0.4, -0.2) is 10.7 Å². The Morgan fingerprint density at radius 2 is 2.25 bits per heavy atom. The zero-order valence-electron chi connectivity index (χ0n) is 10.6. The second-order valence-corrected chi connectivity index (χ2v) is 6.11. The first-order valence-electron chi connectivity index (χ1n) is 6.32. The van der Waals surface area contributed by atoms with Gasteiger partial charge < -0.3 is 5.32 Å². The van der Waals surface area contributed by atoms with Crippen LogP contribution in [0.5, 0.6) is 0 Å². The minimum atomic E-state index is 0.186. The Balaban J connectivity index is 1.89. The number of nitrogens with zero attached hydrogens (tertiary/aromatic N) is 2. The van der Waals surface area contributed by atoms with Crippen molar-refractivity contribution in [3.8, 4) is 6.07 Å². The van der Waals surface area contributed by atoms with E-state index in [1.807, 2.05) is 36.0 Å². The predicted octanol–water partition coefficient (Wildman–Crippen LogP) is 4.26. The molecule has 3 nitrogen and oxygen atoms in total. The third-order valence-electron chi connectivity index (χ3n) is 3.20. The van der Waals surface area contributed by atoms with Crippen LogP contribution in [0.2, 0.25) is 5.02 Å². The van der Waals surface area contributed by atoms with Gasteiger partial charge in [0, 0.05) is 15.7 Å². The first-order valence-corrected chi connectivity index (χ1v) is 7.68. The number of rotatable bonds is 2. The molecule has 0 saturated heterocycles. The summed E-state index contributed by atoms with van der Waals surface area (Å²) in [6, 6.07) is 13.7. The summed E-state index contributed by atoms with van der Waals surface area (Å²) >= 11 is 7.94. The van der Waals surface area contributed by atoms with Gasteiger partial charge in [0.15, 0.2) is 0 Å². The maximum Gasteiger partial charge on any atom is 0.142 e. The minimum absolute atomic E-state index is 0.186. The highest BCUT2D eigenvalue weighted by Crippen LogP contribution is 2.38. The summed E-state index contributed by atoms with van der Waals surface area (Å²) in [5, 5.41) is 13.1. The van der Waals surface area contributed by atoms with E-state index in [-0.39, 0.29) is 6.04 Å². The highest BCUT2D eigenvalue weighted by Gasteiger charge is 2.21. The molecule has 1 aliphatic heterocycles. The molecule has 3 rings (SSSR count). The largest absolute Gasteiger partial charge is 0.363 e. The Hall–Kier alpha value is -1.70. The number of thioether (sulfide) groups is 1. The van der Waals surface area contributed by atoms with E-state index in [2.05, 4.69) is 22.4 Å². The molecule has 5 heteroatoms. The highest BCUT2D eigenvalue weighted by atomic mass is 35.5. The van der Waals surface area contributed by atoms with Gasteiger partial charge in [-0.3, -0.25) is 0 Å². The maximum absolute atomic E-state index is 8.90. The fraction of sp³-hybridized carbons (Fsp3) is 0.200. The average Bonchev–Trinajstić information content (AvgIpc) is 2.48. The summed E-state index contributed by atoms with van der Waals surface area (Å²) in [4.78, 5) is 5.53. The molecule has 0 spiro atoms. The van der Waals surface area contributed by atoms with Crippen molar-refractivity contribution < 1.29 is 0 Å². The van der Waals surface area contributed by atoms with Crippen molar-refractivity contribution in [1.82, 2.24) is 4.98 Å². The summed E-state index contributed by atoms with van der Waals surface area (Å²) < 4.78 is 0. The van der Waals surface area contributed by atoms with Gasteiger partial charge in [-0.25, -0.2) is 4.98 Å². The summed E-state index contributed by atoms with van der Waals surface area (Å²) in [5.41, 5.74) is 1.63. The third kappa shape index (κ3) is 2.74. The summed E-state index contributed by atoms with van der Waals surface area (Å²) in [5.74, 6) is 1.79. The minimum Gasteiger partial charge on any atom is -0.363 e. The lowest BCUT2D eigenvalue weighted by molar-refractivity contribution is 0.724. The Labute approximate surface area is 127 Å². The van der Waals surface area contributed by atoms with Gasteiger partial charge in [0.25, 0.3) is 0 Å². The number of aromatic nitrogens is 1. The predicted molar refractivity (Wildman–Crippen MR) is 82.1 cm³/mol. The van der Waals surface area contributed by atoms with E-state index in [4.69, 9.17) is 16.9 Å². The van der Waals surface area contributed by atoms with Crippen LogP contribution in [0.25, 0.3) is 0 Å². The summed E-state index contributed by atoms with van der Waals surface area (Å²) in [7, 11) is 0. The van der Waals surface area contributed by atoms with E-state index in [1.54, 1.807) is 6.07 Å². The van der Waals surface area contributed by atoms with Crippen LogP contribution in [0.3, 0.4) is 0 Å². The van der Waals surface area contributed by atoms with Gasteiger partial charge in [-0.2, -0.15) is 5.26 Å². The van der Waals surface area contributed by atoms with E-state index < -0.39 is 0 Å². The van der Waals surface area contributed by atoms with Crippen LogP contribution < -0.4 is 5.32 Å². The molecule has 1 aromatic carbocycles. The number of anilines is 1. The second-order valence-electron chi connectivity index (χ2n) is 4.54. The van der Waals surface area contributed by atoms with Gasteiger partial charge >= 0.3 is 0 Å². The van der Waals surface area contributed by atoms with E-state index in [9.17, 15) is 0 Å². The molecule has 1 unspecified atom stereocenters. The van der Waals surface area contributed by atoms with Crippen molar-refractivity contribution in [3.63, 3.8) is 0 Å². The van der Waals surface area contributed by atoms with E-state index in [0.717, 1.165) is 23.0 Å². The van der Waals surface area contributed by atoms with Crippen molar-refractivity contribution in [2.75, 3.05) is 11.1 Å². The first kappa shape index (κ1) is 13.3. The van der Waals surface area contributed by atoms with Gasteiger partial charge in [-0.1, -0.05) is 17.7 Å². The lowest BCUT2D eigenvalue weighted by Crippen LogP contribution is -2.16. The van der Waals surface area contributed by atoms with Gasteiger partial charge in [-0.05, 0) is 42.3 Å². The lowest BCUT2D eigenvalue weighted by atomic mass is 10.0. The zero-order valence-corrected chi connectivity index (χ0v) is 12.2. The van der Waals surface area contributed by atoms with Crippen molar-refractivity contribution in [3.05, 3.63) is 52.7 Å². The van der Waals surface area contributed by atoms with Crippen molar-refractivity contribution in [1.29, 1.82) is 5.26 Å². The van der Waals surface area contributed by atoms with Crippen LogP contribution in [0.1, 0.15) is 23.7 Å². The molecule has 20 heavy (non-hydrogen) atoms. The second kappa shape index (κ2) is 5.74. The van der Waals surface area contributed by atoms with Gasteiger partial charge in [0.2, 0.25) is 0 Å². The molecule has 0 radical (unpaired) electrons. The van der Waals surface area contributed by atoms with Gasteiger partial charge in [-0.15, -0.1) is 11.8 Å². The van der Waals surface area contributed by atoms with Crippen LogP contribution in [-0.2, 0) is 0 Å². The van der Waals surface area contributed by atoms with Crippen LogP contribution in [0, 0.1) is 11.3 Å². The molecule has 2 aromatic rings. The Morgan fingerprint density at radius 3 is 3.10 bits per heavy atom. The molecule has 100 valence electrons. The molecular weight excluding hydrogens is 290 g/mol. The SMILES string of the molecule is N#Cc1cccc(NC2CCSc3ccc(Cl)cc32)n1. The number of halogens is 1. The quantitative estimate of drug-likeness (QED) is 0.900. The topological polar surface area (TPSA) is 48.7 Å². The summed E-state index contributed by atoms with van der Waals surface area (Å²) in [6.07, 6.45) is 1.01. The third-order valence-corrected chi connectivity index (χ3v) is 4.55. The van der Waals surface area contributed by atoms with Crippen molar-refractivity contribution in [2.24, 2.45) is 0 Å². The molecule has 1 aliphatic rings. The monoisotopic (exact) mass is 301 g/mol. The fourth-order valence-corrected chi connectivity index (χ4v) is 3.56. The van der Waals surface area contributed by atoms with Gasteiger partial charge in [0.1, 0.15) is 17.6 Å². The molecule has 0 fully saturated rings. The number of benzene rings is 1. The van der Waals surface area contributed by atoms with Crippen molar-refractivity contribution in [2.45, 2.75) is 17.4 Å². The molecular formula is C15H12ClN3S. The Kier molecular flexibility index (Phi) is 3.81. The number of nitrogens with one attached hydrogen (secondary N) is 1. The molecule has 1 aromatic heterocycles. The van der Waals surface area contributed by atoms with E-state index >= 15 is 0 Å². The molecule has 0 amide bonds. The smallest absolute Gasteiger partial charge is 0.142 e. The normalized spacial score (nSPS) is 17.1. The fourth-order valence-electron chi connectivity index (χ4n) is 2.27. The van der Waals surface area contributed by atoms with Crippen LogP contribution >= 0.6 is 23.4 Å². The van der Waals surface area contributed by atoms with Crippen molar-refractivity contribution >= 4 is 29.2 Å².